The number of carbonyl (C=O) groups excluding carboxylic acids is 1. The topological polar surface area (TPSA) is 95.6 Å². The number of nitrogens with two attached hydrogens (primary N) is 1. The summed E-state index contributed by atoms with van der Waals surface area (Å²) in [7, 11) is 1.79. The normalized spacial score (nSPS) is 15.8. The lowest BCUT2D eigenvalue weighted by molar-refractivity contribution is -0.122. The Hall–Kier alpha value is -1.88. The molecule has 1 atom stereocenters. The number of nitrogens with zero attached hydrogens (tertiary/aromatic N) is 3. The summed E-state index contributed by atoms with van der Waals surface area (Å²) >= 11 is 1.84. The highest BCUT2D eigenvalue weighted by Gasteiger charge is 2.25. The van der Waals surface area contributed by atoms with Crippen LogP contribution >= 0.6 is 35.3 Å². The number of carbonyl (C=O) groups is 1. The number of hydrogen-bond donors (Lipinski definition) is 3. The first-order valence-electron chi connectivity index (χ1n) is 10.5. The van der Waals surface area contributed by atoms with Crippen LogP contribution in [0.4, 0.5) is 5.82 Å². The number of guanidine groups is 1. The molecule has 1 saturated heterocycles. The van der Waals surface area contributed by atoms with E-state index in [-0.39, 0.29) is 41.8 Å². The Morgan fingerprint density at radius 3 is 2.71 bits per heavy atom. The van der Waals surface area contributed by atoms with Crippen LogP contribution in [0.2, 0.25) is 0 Å². The predicted octanol–water partition coefficient (Wildman–Crippen LogP) is 3.07. The quantitative estimate of drug-likeness (QED) is 0.277. The van der Waals surface area contributed by atoms with Gasteiger partial charge in [0.2, 0.25) is 5.91 Å². The number of aliphatic imine (C=N–C) groups is 1. The fourth-order valence-corrected chi connectivity index (χ4v) is 4.80. The molecule has 1 aliphatic heterocycles. The van der Waals surface area contributed by atoms with Crippen LogP contribution < -0.4 is 21.3 Å². The van der Waals surface area contributed by atoms with Crippen molar-refractivity contribution in [1.82, 2.24) is 15.6 Å². The SMILES string of the molecule is CN=C(NCc1cccnc1N1CCC(C(N)=O)CC1)NC(C)Cc1ccc(C)s1.I. The third kappa shape index (κ3) is 7.34. The van der Waals surface area contributed by atoms with Crippen LogP contribution in [-0.2, 0) is 17.8 Å². The number of halogens is 1. The lowest BCUT2D eigenvalue weighted by atomic mass is 9.96. The van der Waals surface area contributed by atoms with Crippen molar-refractivity contribution in [3.63, 3.8) is 0 Å². The molecule has 0 spiro atoms. The van der Waals surface area contributed by atoms with Gasteiger partial charge in [0.15, 0.2) is 5.96 Å². The maximum atomic E-state index is 11.4. The van der Waals surface area contributed by atoms with Gasteiger partial charge in [-0.05, 0) is 44.9 Å². The van der Waals surface area contributed by atoms with E-state index in [1.165, 1.54) is 9.75 Å². The van der Waals surface area contributed by atoms with E-state index >= 15 is 0 Å². The molecule has 4 N–H and O–H groups in total. The van der Waals surface area contributed by atoms with Gasteiger partial charge in [0.05, 0.1) is 0 Å². The second-order valence-corrected chi connectivity index (χ2v) is 9.21. The van der Waals surface area contributed by atoms with Gasteiger partial charge in [-0.1, -0.05) is 6.07 Å². The fraction of sp³-hybridized carbons (Fsp3) is 0.500. The highest BCUT2D eigenvalue weighted by atomic mass is 127. The highest BCUT2D eigenvalue weighted by molar-refractivity contribution is 14.0. The molecule has 1 fully saturated rings. The van der Waals surface area contributed by atoms with E-state index in [1.54, 1.807) is 7.05 Å². The number of anilines is 1. The van der Waals surface area contributed by atoms with Crippen molar-refractivity contribution in [1.29, 1.82) is 0 Å². The van der Waals surface area contributed by atoms with Crippen molar-refractivity contribution in [3.8, 4) is 0 Å². The molecule has 0 saturated carbocycles. The van der Waals surface area contributed by atoms with Crippen molar-refractivity contribution in [2.24, 2.45) is 16.6 Å². The molecule has 0 aromatic carbocycles. The van der Waals surface area contributed by atoms with Gasteiger partial charge in [-0.3, -0.25) is 9.79 Å². The molecule has 2 aromatic heterocycles. The molecule has 3 rings (SSSR count). The minimum atomic E-state index is -0.195. The van der Waals surface area contributed by atoms with E-state index in [1.807, 2.05) is 23.6 Å². The van der Waals surface area contributed by atoms with Crippen LogP contribution in [0, 0.1) is 12.8 Å². The van der Waals surface area contributed by atoms with E-state index in [0.717, 1.165) is 49.7 Å². The number of thiophene rings is 1. The maximum absolute atomic E-state index is 11.4. The average Bonchev–Trinajstić information content (AvgIpc) is 3.15. The average molecular weight is 557 g/mol. The van der Waals surface area contributed by atoms with Crippen molar-refractivity contribution in [2.75, 3.05) is 25.0 Å². The number of nitrogens with one attached hydrogen (secondary N) is 2. The summed E-state index contributed by atoms with van der Waals surface area (Å²) in [6.07, 6.45) is 4.34. The lowest BCUT2D eigenvalue weighted by Gasteiger charge is -2.32. The second-order valence-electron chi connectivity index (χ2n) is 7.84. The van der Waals surface area contributed by atoms with Gasteiger partial charge in [0.25, 0.3) is 0 Å². The first-order valence-corrected chi connectivity index (χ1v) is 11.3. The Bertz CT molecular complexity index is 878. The van der Waals surface area contributed by atoms with Crippen LogP contribution in [0.1, 0.15) is 35.1 Å². The molecule has 31 heavy (non-hydrogen) atoms. The minimum absolute atomic E-state index is 0. The number of primary amides is 1. The summed E-state index contributed by atoms with van der Waals surface area (Å²) in [6, 6.07) is 8.67. The zero-order chi connectivity index (χ0) is 21.5. The molecule has 7 nitrogen and oxygen atoms in total. The van der Waals surface area contributed by atoms with Gasteiger partial charge in [-0.15, -0.1) is 35.3 Å². The number of aryl methyl sites for hydroxylation is 1. The van der Waals surface area contributed by atoms with E-state index < -0.39 is 0 Å². The van der Waals surface area contributed by atoms with Crippen molar-refractivity contribution in [2.45, 2.75) is 45.7 Å². The molecule has 0 bridgehead atoms. The number of pyridine rings is 1. The third-order valence-electron chi connectivity index (χ3n) is 5.42. The van der Waals surface area contributed by atoms with Gasteiger partial charge in [0.1, 0.15) is 5.82 Å². The number of aromatic nitrogens is 1. The van der Waals surface area contributed by atoms with E-state index in [0.29, 0.717) is 6.54 Å². The molecular formula is C22H33IN6OS. The van der Waals surface area contributed by atoms with Crippen molar-refractivity contribution < 1.29 is 4.79 Å². The van der Waals surface area contributed by atoms with Gasteiger partial charge >= 0.3 is 0 Å². The first kappa shape index (κ1) is 25.4. The van der Waals surface area contributed by atoms with Crippen molar-refractivity contribution in [3.05, 3.63) is 45.8 Å². The molecule has 1 amide bonds. The molecule has 0 radical (unpaired) electrons. The predicted molar refractivity (Wildman–Crippen MR) is 139 cm³/mol. The van der Waals surface area contributed by atoms with Gasteiger partial charge in [-0.25, -0.2) is 4.98 Å². The zero-order valence-corrected chi connectivity index (χ0v) is 21.6. The Labute approximate surface area is 205 Å². The van der Waals surface area contributed by atoms with E-state index in [2.05, 4.69) is 57.6 Å². The Kier molecular flexibility index (Phi) is 10.0. The van der Waals surface area contributed by atoms with E-state index in [4.69, 9.17) is 5.73 Å². The summed E-state index contributed by atoms with van der Waals surface area (Å²) in [6.45, 7) is 6.52. The summed E-state index contributed by atoms with van der Waals surface area (Å²) < 4.78 is 0. The Morgan fingerprint density at radius 1 is 1.35 bits per heavy atom. The van der Waals surface area contributed by atoms with Crippen LogP contribution in [0.25, 0.3) is 0 Å². The molecule has 3 heterocycles. The fourth-order valence-electron chi connectivity index (χ4n) is 3.78. The minimum Gasteiger partial charge on any atom is -0.369 e. The van der Waals surface area contributed by atoms with Gasteiger partial charge in [-0.2, -0.15) is 0 Å². The van der Waals surface area contributed by atoms with Gasteiger partial charge < -0.3 is 21.3 Å². The number of rotatable bonds is 7. The third-order valence-corrected chi connectivity index (χ3v) is 6.44. The number of hydrogen-bond acceptors (Lipinski definition) is 5. The molecule has 9 heteroatoms. The monoisotopic (exact) mass is 556 g/mol. The highest BCUT2D eigenvalue weighted by Crippen LogP contribution is 2.24. The number of piperidine rings is 1. The van der Waals surface area contributed by atoms with Crippen LogP contribution in [0.15, 0.2) is 35.5 Å². The maximum Gasteiger partial charge on any atom is 0.220 e. The molecule has 1 aliphatic rings. The smallest absolute Gasteiger partial charge is 0.220 e. The van der Waals surface area contributed by atoms with Crippen molar-refractivity contribution >= 4 is 53.0 Å². The van der Waals surface area contributed by atoms with Crippen LogP contribution in [0.3, 0.4) is 0 Å². The molecule has 170 valence electrons. The van der Waals surface area contributed by atoms with E-state index in [9.17, 15) is 4.79 Å². The standard InChI is InChI=1S/C22H32N6OS.HI/c1-15(13-19-7-6-16(2)30-19)27-22(24-3)26-14-18-5-4-10-25-21(18)28-11-8-17(9-12-28)20(23)29;/h4-7,10,15,17H,8-9,11-14H2,1-3H3,(H2,23,29)(H2,24,26,27);1H. The molecule has 1 unspecified atom stereocenters. The summed E-state index contributed by atoms with van der Waals surface area (Å²) in [5.74, 6) is 1.52. The summed E-state index contributed by atoms with van der Waals surface area (Å²) in [5.41, 5.74) is 6.57. The lowest BCUT2D eigenvalue weighted by Crippen LogP contribution is -2.43. The zero-order valence-electron chi connectivity index (χ0n) is 18.4. The number of amides is 1. The Balaban J connectivity index is 0.00000341. The first-order chi connectivity index (χ1) is 14.5. The Morgan fingerprint density at radius 2 is 2.10 bits per heavy atom. The van der Waals surface area contributed by atoms with Crippen LogP contribution in [0.5, 0.6) is 0 Å². The molecule has 2 aromatic rings. The molecule has 0 aliphatic carbocycles. The van der Waals surface area contributed by atoms with Gasteiger partial charge in [0, 0.05) is 66.6 Å². The largest absolute Gasteiger partial charge is 0.369 e. The summed E-state index contributed by atoms with van der Waals surface area (Å²) in [5, 5.41) is 6.89. The van der Waals surface area contributed by atoms with Crippen LogP contribution in [-0.4, -0.2) is 43.0 Å². The summed E-state index contributed by atoms with van der Waals surface area (Å²) in [4.78, 5) is 25.4. The second kappa shape index (κ2) is 12.2. The molecular weight excluding hydrogens is 523 g/mol.